The van der Waals surface area contributed by atoms with Crippen molar-refractivity contribution in [1.29, 1.82) is 0 Å². The highest BCUT2D eigenvalue weighted by molar-refractivity contribution is 6.41. The van der Waals surface area contributed by atoms with Crippen molar-refractivity contribution < 1.29 is 0 Å². The van der Waals surface area contributed by atoms with Crippen LogP contribution in [-0.4, -0.2) is 19.9 Å². The molecule has 1 N–H and O–H groups in total. The molecule has 0 saturated heterocycles. The lowest BCUT2D eigenvalue weighted by molar-refractivity contribution is 1.23. The monoisotopic (exact) mass is 278 g/mol. The van der Waals surface area contributed by atoms with Crippen LogP contribution in [0.15, 0.2) is 24.5 Å². The van der Waals surface area contributed by atoms with Crippen LogP contribution in [0.2, 0.25) is 10.2 Å². The van der Waals surface area contributed by atoms with Gasteiger partial charge in [-0.15, -0.1) is 0 Å². The van der Waals surface area contributed by atoms with E-state index in [2.05, 4.69) is 19.9 Å². The van der Waals surface area contributed by atoms with E-state index in [0.29, 0.717) is 16.5 Å². The minimum atomic E-state index is 0.254. The minimum Gasteiger partial charge on any atom is -0.336 e. The molecule has 0 aliphatic heterocycles. The Kier molecular flexibility index (Phi) is 2.69. The van der Waals surface area contributed by atoms with Gasteiger partial charge in [0.15, 0.2) is 5.65 Å². The van der Waals surface area contributed by atoms with Crippen LogP contribution < -0.4 is 0 Å². The molecule has 90 valence electrons. The first-order valence-corrected chi connectivity index (χ1v) is 6.03. The van der Waals surface area contributed by atoms with E-state index >= 15 is 0 Å². The highest BCUT2D eigenvalue weighted by atomic mass is 35.5. The Morgan fingerprint density at radius 2 is 1.94 bits per heavy atom. The maximum Gasteiger partial charge on any atom is 0.179 e. The van der Waals surface area contributed by atoms with Gasteiger partial charge in [-0.05, 0) is 24.6 Å². The Hall–Kier alpha value is -1.65. The van der Waals surface area contributed by atoms with E-state index < -0.39 is 0 Å². The van der Waals surface area contributed by atoms with E-state index in [1.165, 1.54) is 0 Å². The molecule has 18 heavy (non-hydrogen) atoms. The number of H-pyrrole nitrogens is 1. The Morgan fingerprint density at radius 3 is 2.72 bits per heavy atom. The maximum atomic E-state index is 5.91. The smallest absolute Gasteiger partial charge is 0.179 e. The summed E-state index contributed by atoms with van der Waals surface area (Å²) in [4.78, 5) is 15.8. The molecular formula is C12H8Cl2N4. The van der Waals surface area contributed by atoms with Crippen LogP contribution in [0.3, 0.4) is 0 Å². The van der Waals surface area contributed by atoms with E-state index in [1.54, 1.807) is 18.5 Å². The number of imidazole rings is 1. The lowest BCUT2D eigenvalue weighted by Crippen LogP contribution is -1.84. The maximum absolute atomic E-state index is 5.91. The second-order valence-corrected chi connectivity index (χ2v) is 4.73. The zero-order valence-corrected chi connectivity index (χ0v) is 10.9. The summed E-state index contributed by atoms with van der Waals surface area (Å²) in [5.74, 6) is 0.701. The van der Waals surface area contributed by atoms with Crippen LogP contribution in [0.1, 0.15) is 5.56 Å². The predicted octanol–water partition coefficient (Wildman–Crippen LogP) is 3.64. The van der Waals surface area contributed by atoms with Crippen molar-refractivity contribution in [2.75, 3.05) is 0 Å². The molecule has 3 heterocycles. The van der Waals surface area contributed by atoms with Crippen LogP contribution in [0.25, 0.3) is 22.6 Å². The summed E-state index contributed by atoms with van der Waals surface area (Å²) in [6.45, 7) is 1.98. The molecule has 0 aromatic carbocycles. The summed E-state index contributed by atoms with van der Waals surface area (Å²) in [5.41, 5.74) is 3.26. The van der Waals surface area contributed by atoms with Gasteiger partial charge in [0.25, 0.3) is 0 Å². The van der Waals surface area contributed by atoms with Crippen LogP contribution in [0.4, 0.5) is 0 Å². The van der Waals surface area contributed by atoms with Crippen molar-refractivity contribution in [2.24, 2.45) is 0 Å². The first-order valence-electron chi connectivity index (χ1n) is 5.27. The molecule has 0 fully saturated rings. The topological polar surface area (TPSA) is 54.5 Å². The van der Waals surface area contributed by atoms with Gasteiger partial charge in [0.05, 0.1) is 10.5 Å². The summed E-state index contributed by atoms with van der Waals surface area (Å²) in [7, 11) is 0. The van der Waals surface area contributed by atoms with Gasteiger partial charge >= 0.3 is 0 Å². The van der Waals surface area contributed by atoms with Gasteiger partial charge in [-0.25, -0.2) is 9.97 Å². The molecule has 0 unspecified atom stereocenters. The van der Waals surface area contributed by atoms with Crippen molar-refractivity contribution in [3.8, 4) is 11.4 Å². The SMILES string of the molecule is Cc1cncc(-c2nc3nc(Cl)c(Cl)cc3[nH]2)c1. The summed E-state index contributed by atoms with van der Waals surface area (Å²) in [5, 5.41) is 0.659. The summed E-state index contributed by atoms with van der Waals surface area (Å²) >= 11 is 11.8. The van der Waals surface area contributed by atoms with Crippen molar-refractivity contribution in [1.82, 2.24) is 19.9 Å². The first-order chi connectivity index (χ1) is 8.63. The second kappa shape index (κ2) is 4.23. The molecule has 3 aromatic rings. The first kappa shape index (κ1) is 11.4. The van der Waals surface area contributed by atoms with Gasteiger partial charge in [0, 0.05) is 18.0 Å². The molecule has 0 aliphatic carbocycles. The number of aryl methyl sites for hydroxylation is 1. The molecule has 0 spiro atoms. The Bertz CT molecular complexity index is 697. The van der Waals surface area contributed by atoms with Gasteiger partial charge < -0.3 is 4.98 Å². The average molecular weight is 279 g/mol. The van der Waals surface area contributed by atoms with E-state index in [1.807, 2.05) is 13.0 Å². The predicted molar refractivity (Wildman–Crippen MR) is 71.9 cm³/mol. The zero-order valence-electron chi connectivity index (χ0n) is 9.41. The molecule has 3 aromatic heterocycles. The Labute approximate surface area is 113 Å². The fourth-order valence-electron chi connectivity index (χ4n) is 1.72. The van der Waals surface area contributed by atoms with Crippen LogP contribution >= 0.6 is 23.2 Å². The highest BCUT2D eigenvalue weighted by Crippen LogP contribution is 2.25. The third kappa shape index (κ3) is 1.94. The standard InChI is InChI=1S/C12H8Cl2N4/c1-6-2-7(5-15-4-6)11-16-9-3-8(13)10(14)17-12(9)18-11/h2-5H,1H3,(H,16,17,18). The van der Waals surface area contributed by atoms with Gasteiger partial charge in [-0.2, -0.15) is 0 Å². The summed E-state index contributed by atoms with van der Waals surface area (Å²) in [6.07, 6.45) is 3.53. The number of nitrogens with one attached hydrogen (secondary N) is 1. The van der Waals surface area contributed by atoms with E-state index in [9.17, 15) is 0 Å². The molecule has 0 radical (unpaired) electrons. The molecular weight excluding hydrogens is 271 g/mol. The van der Waals surface area contributed by atoms with Crippen molar-refractivity contribution >= 4 is 34.4 Å². The average Bonchev–Trinajstić information content (AvgIpc) is 2.73. The Balaban J connectivity index is 2.19. The van der Waals surface area contributed by atoms with Gasteiger partial charge in [-0.3, -0.25) is 4.98 Å². The molecule has 0 saturated carbocycles. The summed E-state index contributed by atoms with van der Waals surface area (Å²) in [6, 6.07) is 3.71. The number of rotatable bonds is 1. The number of hydrogen-bond donors (Lipinski definition) is 1. The number of fused-ring (bicyclic) bond motifs is 1. The van der Waals surface area contributed by atoms with E-state index in [4.69, 9.17) is 23.2 Å². The fraction of sp³-hybridized carbons (Fsp3) is 0.0833. The quantitative estimate of drug-likeness (QED) is 0.692. The number of aromatic nitrogens is 4. The van der Waals surface area contributed by atoms with Crippen molar-refractivity contribution in [2.45, 2.75) is 6.92 Å². The second-order valence-electron chi connectivity index (χ2n) is 3.97. The number of halogens is 2. The molecule has 0 amide bonds. The normalized spacial score (nSPS) is 11.1. The van der Waals surface area contributed by atoms with Crippen LogP contribution in [-0.2, 0) is 0 Å². The molecule has 3 rings (SSSR count). The fourth-order valence-corrected chi connectivity index (χ4v) is 2.00. The van der Waals surface area contributed by atoms with Crippen LogP contribution in [0.5, 0.6) is 0 Å². The molecule has 0 aliphatic rings. The largest absolute Gasteiger partial charge is 0.336 e. The lowest BCUT2D eigenvalue weighted by Gasteiger charge is -1.96. The van der Waals surface area contributed by atoms with Gasteiger partial charge in [0.1, 0.15) is 11.0 Å². The van der Waals surface area contributed by atoms with Gasteiger partial charge in [0.2, 0.25) is 0 Å². The minimum absolute atomic E-state index is 0.254. The number of pyridine rings is 2. The van der Waals surface area contributed by atoms with Gasteiger partial charge in [-0.1, -0.05) is 23.2 Å². The third-order valence-electron chi connectivity index (χ3n) is 2.53. The molecule has 4 nitrogen and oxygen atoms in total. The summed E-state index contributed by atoms with van der Waals surface area (Å²) < 4.78 is 0. The molecule has 0 bridgehead atoms. The van der Waals surface area contributed by atoms with Crippen molar-refractivity contribution in [3.63, 3.8) is 0 Å². The van der Waals surface area contributed by atoms with E-state index in [-0.39, 0.29) is 5.15 Å². The van der Waals surface area contributed by atoms with Crippen LogP contribution in [0, 0.1) is 6.92 Å². The van der Waals surface area contributed by atoms with E-state index in [0.717, 1.165) is 16.6 Å². The Morgan fingerprint density at radius 1 is 1.11 bits per heavy atom. The third-order valence-corrected chi connectivity index (χ3v) is 3.21. The zero-order chi connectivity index (χ0) is 12.7. The number of nitrogens with zero attached hydrogens (tertiary/aromatic N) is 3. The molecule has 6 heteroatoms. The number of hydrogen-bond acceptors (Lipinski definition) is 3. The lowest BCUT2D eigenvalue weighted by atomic mass is 10.2. The molecule has 0 atom stereocenters. The van der Waals surface area contributed by atoms with Crippen molar-refractivity contribution in [3.05, 3.63) is 40.3 Å². The highest BCUT2D eigenvalue weighted by Gasteiger charge is 2.09. The number of aromatic amines is 1.